The molecule has 0 aromatic heterocycles. The number of morpholine rings is 1. The lowest BCUT2D eigenvalue weighted by Crippen LogP contribution is -2.45. The van der Waals surface area contributed by atoms with E-state index in [4.69, 9.17) is 22.7 Å². The summed E-state index contributed by atoms with van der Waals surface area (Å²) >= 11 is 5.31. The number of aliphatic hydroxyl groups excluding tert-OH is 1. The molecule has 2 aliphatic heterocycles. The Kier molecular flexibility index (Phi) is 5.96. The van der Waals surface area contributed by atoms with Gasteiger partial charge in [0.15, 0.2) is 5.11 Å². The van der Waals surface area contributed by atoms with Gasteiger partial charge in [-0.05, 0) is 36.5 Å². The van der Waals surface area contributed by atoms with Gasteiger partial charge in [-0.15, -0.1) is 0 Å². The van der Waals surface area contributed by atoms with E-state index in [1.165, 1.54) is 16.4 Å². The smallest absolute Gasteiger partial charge is 0.243 e. The Morgan fingerprint density at radius 1 is 1.26 bits per heavy atom. The first-order valence-electron chi connectivity index (χ1n) is 8.52. The number of likely N-dealkylation sites (tertiary alicyclic amines) is 1. The van der Waals surface area contributed by atoms with Crippen LogP contribution in [0.2, 0.25) is 0 Å². The van der Waals surface area contributed by atoms with Crippen LogP contribution in [-0.4, -0.2) is 78.7 Å². The molecule has 1 aromatic carbocycles. The molecule has 1 aromatic rings. The Hall–Kier alpha value is -1.79. The summed E-state index contributed by atoms with van der Waals surface area (Å²) in [5.74, 6) is -0.553. The zero-order valence-corrected chi connectivity index (χ0v) is 16.2. The second-order valence-corrected chi connectivity index (χ2v) is 8.76. The van der Waals surface area contributed by atoms with Crippen molar-refractivity contribution in [2.24, 2.45) is 5.73 Å². The van der Waals surface area contributed by atoms with Gasteiger partial charge in [-0.3, -0.25) is 4.79 Å². The van der Waals surface area contributed by atoms with E-state index in [0.29, 0.717) is 32.0 Å². The molecule has 0 bridgehead atoms. The SMILES string of the molecule is NC(=O)[C@H]1C[C@H](O)CN1C(=S)Nc1ccc(S(=O)(=O)N2CCOCC2)cc1. The fraction of sp³-hybridized carbons (Fsp3) is 0.500. The van der Waals surface area contributed by atoms with Crippen LogP contribution in [0, 0.1) is 0 Å². The lowest BCUT2D eigenvalue weighted by atomic mass is 10.2. The molecular weight excluding hydrogens is 392 g/mol. The van der Waals surface area contributed by atoms with Crippen LogP contribution >= 0.6 is 12.2 Å². The predicted molar refractivity (Wildman–Crippen MR) is 103 cm³/mol. The topological polar surface area (TPSA) is 125 Å². The van der Waals surface area contributed by atoms with Crippen LogP contribution in [0.25, 0.3) is 0 Å². The molecule has 0 unspecified atom stereocenters. The molecule has 2 fully saturated rings. The monoisotopic (exact) mass is 414 g/mol. The maximum Gasteiger partial charge on any atom is 0.243 e. The molecule has 2 heterocycles. The summed E-state index contributed by atoms with van der Waals surface area (Å²) in [7, 11) is -3.56. The molecule has 2 aliphatic rings. The number of nitrogens with one attached hydrogen (secondary N) is 1. The first-order chi connectivity index (χ1) is 12.8. The van der Waals surface area contributed by atoms with Crippen molar-refractivity contribution in [1.82, 2.24) is 9.21 Å². The van der Waals surface area contributed by atoms with Crippen LogP contribution < -0.4 is 11.1 Å². The second-order valence-electron chi connectivity index (χ2n) is 6.43. The van der Waals surface area contributed by atoms with E-state index in [1.54, 1.807) is 17.0 Å². The van der Waals surface area contributed by atoms with Gasteiger partial charge in [0, 0.05) is 31.7 Å². The number of anilines is 1. The number of ether oxygens (including phenoxy) is 1. The van der Waals surface area contributed by atoms with E-state index >= 15 is 0 Å². The minimum atomic E-state index is -3.56. The lowest BCUT2D eigenvalue weighted by molar-refractivity contribution is -0.121. The van der Waals surface area contributed by atoms with Crippen molar-refractivity contribution in [2.75, 3.05) is 38.2 Å². The fourth-order valence-electron chi connectivity index (χ4n) is 3.15. The van der Waals surface area contributed by atoms with Crippen LogP contribution in [-0.2, 0) is 19.6 Å². The number of thiocarbonyl (C=S) groups is 1. The number of benzene rings is 1. The largest absolute Gasteiger partial charge is 0.391 e. The molecule has 2 atom stereocenters. The molecule has 3 rings (SSSR count). The summed E-state index contributed by atoms with van der Waals surface area (Å²) in [5, 5.41) is 13.0. The average molecular weight is 415 g/mol. The van der Waals surface area contributed by atoms with Gasteiger partial charge in [0.25, 0.3) is 0 Å². The number of aliphatic hydroxyl groups is 1. The summed E-state index contributed by atoms with van der Waals surface area (Å²) < 4.78 is 31.8. The number of nitrogens with zero attached hydrogens (tertiary/aromatic N) is 2. The van der Waals surface area contributed by atoms with Gasteiger partial charge in [-0.2, -0.15) is 4.31 Å². The Labute approximate surface area is 163 Å². The summed E-state index contributed by atoms with van der Waals surface area (Å²) in [4.78, 5) is 13.3. The zero-order valence-electron chi connectivity index (χ0n) is 14.6. The first-order valence-corrected chi connectivity index (χ1v) is 10.4. The maximum absolute atomic E-state index is 12.6. The molecule has 0 radical (unpaired) electrons. The number of primary amides is 1. The van der Waals surface area contributed by atoms with Gasteiger partial charge < -0.3 is 25.8 Å². The predicted octanol–water partition coefficient (Wildman–Crippen LogP) is -0.675. The number of amides is 1. The van der Waals surface area contributed by atoms with Crippen molar-refractivity contribution >= 4 is 38.9 Å². The fourth-order valence-corrected chi connectivity index (χ4v) is 4.88. The van der Waals surface area contributed by atoms with E-state index < -0.39 is 28.1 Å². The summed E-state index contributed by atoms with van der Waals surface area (Å²) in [6.07, 6.45) is -0.447. The molecule has 0 saturated carbocycles. The number of hydrogen-bond donors (Lipinski definition) is 3. The Morgan fingerprint density at radius 3 is 2.48 bits per heavy atom. The Morgan fingerprint density at radius 2 is 1.89 bits per heavy atom. The number of β-amino-alcohol motifs (C(OH)–C–C–N with tert-alkyl or cyclic N) is 1. The minimum Gasteiger partial charge on any atom is -0.391 e. The van der Waals surface area contributed by atoms with E-state index in [0.717, 1.165) is 0 Å². The molecule has 11 heteroatoms. The molecule has 148 valence electrons. The molecule has 9 nitrogen and oxygen atoms in total. The van der Waals surface area contributed by atoms with Crippen LogP contribution in [0.1, 0.15) is 6.42 Å². The standard InChI is InChI=1S/C16H22N4O5S2/c17-15(22)14-9-12(21)10-20(14)16(26)18-11-1-3-13(4-2-11)27(23,24)19-5-7-25-8-6-19/h1-4,12,14,21H,5-10H2,(H2,17,22)(H,18,26)/t12-,14+/m0/s1. The van der Waals surface area contributed by atoms with E-state index in [9.17, 15) is 18.3 Å². The second kappa shape index (κ2) is 8.07. The highest BCUT2D eigenvalue weighted by molar-refractivity contribution is 7.89. The zero-order chi connectivity index (χ0) is 19.6. The Bertz CT molecular complexity index is 809. The van der Waals surface area contributed by atoms with Crippen LogP contribution in [0.3, 0.4) is 0 Å². The van der Waals surface area contributed by atoms with Gasteiger partial charge >= 0.3 is 0 Å². The highest BCUT2D eigenvalue weighted by atomic mass is 32.2. The van der Waals surface area contributed by atoms with E-state index in [1.807, 2.05) is 0 Å². The van der Waals surface area contributed by atoms with Crippen molar-refractivity contribution in [3.8, 4) is 0 Å². The first kappa shape index (κ1) is 20.0. The molecule has 4 N–H and O–H groups in total. The van der Waals surface area contributed by atoms with Crippen molar-refractivity contribution in [3.63, 3.8) is 0 Å². The number of carbonyl (C=O) groups excluding carboxylic acids is 1. The van der Waals surface area contributed by atoms with Gasteiger partial charge in [0.2, 0.25) is 15.9 Å². The van der Waals surface area contributed by atoms with Gasteiger partial charge in [0.1, 0.15) is 6.04 Å². The number of hydrogen-bond acceptors (Lipinski definition) is 6. The van der Waals surface area contributed by atoms with Crippen LogP contribution in [0.15, 0.2) is 29.2 Å². The number of rotatable bonds is 4. The molecular formula is C16H22N4O5S2. The third-order valence-corrected chi connectivity index (χ3v) is 6.83. The number of carbonyl (C=O) groups is 1. The summed E-state index contributed by atoms with van der Waals surface area (Å²) in [5.41, 5.74) is 5.94. The van der Waals surface area contributed by atoms with Gasteiger partial charge in [0.05, 0.1) is 24.2 Å². The number of nitrogens with two attached hydrogens (primary N) is 1. The van der Waals surface area contributed by atoms with Crippen LogP contribution in [0.4, 0.5) is 5.69 Å². The molecule has 2 saturated heterocycles. The molecule has 0 aliphatic carbocycles. The normalized spacial score (nSPS) is 24.0. The summed E-state index contributed by atoms with van der Waals surface area (Å²) in [6.45, 7) is 1.64. The molecule has 1 amide bonds. The maximum atomic E-state index is 12.6. The van der Waals surface area contributed by atoms with Crippen molar-refractivity contribution < 1.29 is 23.1 Å². The quantitative estimate of drug-likeness (QED) is 0.554. The molecule has 0 spiro atoms. The van der Waals surface area contributed by atoms with Crippen LogP contribution in [0.5, 0.6) is 0 Å². The summed E-state index contributed by atoms with van der Waals surface area (Å²) in [6, 6.07) is 5.54. The van der Waals surface area contributed by atoms with Crippen molar-refractivity contribution in [1.29, 1.82) is 0 Å². The lowest BCUT2D eigenvalue weighted by Gasteiger charge is -2.26. The third kappa shape index (κ3) is 4.38. The molecule has 27 heavy (non-hydrogen) atoms. The van der Waals surface area contributed by atoms with Gasteiger partial charge in [-0.25, -0.2) is 8.42 Å². The van der Waals surface area contributed by atoms with Gasteiger partial charge in [-0.1, -0.05) is 0 Å². The van der Waals surface area contributed by atoms with Crippen molar-refractivity contribution in [3.05, 3.63) is 24.3 Å². The third-order valence-electron chi connectivity index (χ3n) is 4.58. The number of sulfonamides is 1. The minimum absolute atomic E-state index is 0.187. The highest BCUT2D eigenvalue weighted by Gasteiger charge is 2.36. The van der Waals surface area contributed by atoms with E-state index in [2.05, 4.69) is 5.32 Å². The Balaban J connectivity index is 1.68. The van der Waals surface area contributed by atoms with Crippen molar-refractivity contribution in [2.45, 2.75) is 23.5 Å². The highest BCUT2D eigenvalue weighted by Crippen LogP contribution is 2.22. The average Bonchev–Trinajstić information content (AvgIpc) is 3.05. The van der Waals surface area contributed by atoms with E-state index in [-0.39, 0.29) is 23.0 Å².